The molecule has 1 aromatic rings. The van der Waals surface area contributed by atoms with Crippen molar-refractivity contribution < 1.29 is 13.2 Å². The molecular weight excluding hydrogens is 362 g/mol. The van der Waals surface area contributed by atoms with E-state index in [0.29, 0.717) is 43.3 Å². The van der Waals surface area contributed by atoms with Crippen LogP contribution in [0.4, 0.5) is 0 Å². The van der Waals surface area contributed by atoms with Gasteiger partial charge in [-0.3, -0.25) is 4.79 Å². The van der Waals surface area contributed by atoms with Gasteiger partial charge in [-0.15, -0.1) is 0 Å². The molecular formula is C20H31N3O3S. The van der Waals surface area contributed by atoms with Gasteiger partial charge in [0.15, 0.2) is 0 Å². The van der Waals surface area contributed by atoms with Crippen molar-refractivity contribution in [2.24, 2.45) is 17.6 Å². The van der Waals surface area contributed by atoms with Crippen LogP contribution in [0, 0.1) is 25.7 Å². The van der Waals surface area contributed by atoms with Gasteiger partial charge in [0.2, 0.25) is 15.9 Å². The Bertz CT molecular complexity index is 786. The molecule has 0 spiro atoms. The molecule has 2 unspecified atom stereocenters. The molecule has 0 bridgehead atoms. The highest BCUT2D eigenvalue weighted by molar-refractivity contribution is 7.89. The summed E-state index contributed by atoms with van der Waals surface area (Å²) in [5.74, 6) is 0.317. The third kappa shape index (κ3) is 4.36. The third-order valence-corrected chi connectivity index (χ3v) is 8.12. The first-order valence-corrected chi connectivity index (χ1v) is 11.3. The van der Waals surface area contributed by atoms with Gasteiger partial charge in [-0.25, -0.2) is 8.42 Å². The van der Waals surface area contributed by atoms with E-state index in [-0.39, 0.29) is 17.9 Å². The molecule has 3 N–H and O–H groups in total. The summed E-state index contributed by atoms with van der Waals surface area (Å²) >= 11 is 0. The van der Waals surface area contributed by atoms with Gasteiger partial charge in [-0.2, -0.15) is 4.31 Å². The molecule has 1 aliphatic carbocycles. The zero-order valence-corrected chi connectivity index (χ0v) is 17.1. The summed E-state index contributed by atoms with van der Waals surface area (Å²) in [7, 11) is -3.51. The predicted octanol–water partition coefficient (Wildman–Crippen LogP) is 1.95. The quantitative estimate of drug-likeness (QED) is 0.800. The number of nitrogens with zero attached hydrogens (tertiary/aromatic N) is 1. The number of aryl methyl sites for hydroxylation is 2. The lowest BCUT2D eigenvalue weighted by molar-refractivity contribution is -0.127. The maximum atomic E-state index is 13.0. The van der Waals surface area contributed by atoms with Crippen LogP contribution in [0.1, 0.15) is 43.2 Å². The molecule has 1 heterocycles. The van der Waals surface area contributed by atoms with Crippen LogP contribution in [-0.2, 0) is 14.8 Å². The second-order valence-electron chi connectivity index (χ2n) is 7.99. The number of nitrogens with one attached hydrogen (secondary N) is 1. The van der Waals surface area contributed by atoms with Crippen molar-refractivity contribution >= 4 is 15.9 Å². The zero-order chi connectivity index (χ0) is 19.6. The minimum atomic E-state index is -3.51. The Morgan fingerprint density at radius 3 is 2.52 bits per heavy atom. The number of hydrogen-bond donors (Lipinski definition) is 2. The van der Waals surface area contributed by atoms with Gasteiger partial charge in [-0.05, 0) is 63.6 Å². The minimum Gasteiger partial charge on any atom is -0.353 e. The van der Waals surface area contributed by atoms with Gasteiger partial charge in [0.1, 0.15) is 0 Å². The van der Waals surface area contributed by atoms with Gasteiger partial charge in [-0.1, -0.05) is 24.1 Å². The van der Waals surface area contributed by atoms with Crippen LogP contribution in [0.5, 0.6) is 0 Å². The van der Waals surface area contributed by atoms with Crippen molar-refractivity contribution in [2.75, 3.05) is 19.6 Å². The molecule has 2 aliphatic rings. The van der Waals surface area contributed by atoms with Crippen LogP contribution in [-0.4, -0.2) is 44.3 Å². The van der Waals surface area contributed by atoms with Crippen molar-refractivity contribution in [3.8, 4) is 0 Å². The SMILES string of the molecule is Cc1ccc(S(=O)(=O)N2CCC(C(=O)NC3CCCC3CN)CC2)c(C)c1. The standard InChI is InChI=1S/C20H31N3O3S/c1-14-6-7-19(15(2)12-14)27(25,26)23-10-8-16(9-11-23)20(24)22-18-5-3-4-17(18)13-21/h6-7,12,16-18H,3-5,8-11,13,21H2,1-2H3,(H,22,24). The number of benzene rings is 1. The van der Waals surface area contributed by atoms with Gasteiger partial charge in [0.05, 0.1) is 4.90 Å². The Morgan fingerprint density at radius 1 is 1.19 bits per heavy atom. The average molecular weight is 394 g/mol. The lowest BCUT2D eigenvalue weighted by Crippen LogP contribution is -2.47. The van der Waals surface area contributed by atoms with Gasteiger partial charge < -0.3 is 11.1 Å². The molecule has 1 aliphatic heterocycles. The summed E-state index contributed by atoms with van der Waals surface area (Å²) in [6, 6.07) is 5.59. The summed E-state index contributed by atoms with van der Waals surface area (Å²) < 4.78 is 27.5. The number of hydrogen-bond acceptors (Lipinski definition) is 4. The van der Waals surface area contributed by atoms with Crippen LogP contribution < -0.4 is 11.1 Å². The first-order chi connectivity index (χ1) is 12.8. The van der Waals surface area contributed by atoms with E-state index in [4.69, 9.17) is 5.73 Å². The molecule has 7 heteroatoms. The molecule has 1 saturated carbocycles. The zero-order valence-electron chi connectivity index (χ0n) is 16.3. The van der Waals surface area contributed by atoms with Gasteiger partial charge in [0, 0.05) is 25.0 Å². The lowest BCUT2D eigenvalue weighted by Gasteiger charge is -2.32. The highest BCUT2D eigenvalue weighted by Gasteiger charge is 2.35. The molecule has 3 rings (SSSR count). The summed E-state index contributed by atoms with van der Waals surface area (Å²) in [4.78, 5) is 13.0. The number of amides is 1. The topological polar surface area (TPSA) is 92.5 Å². The fourth-order valence-electron chi connectivity index (χ4n) is 4.40. The van der Waals surface area contributed by atoms with E-state index in [1.165, 1.54) is 4.31 Å². The minimum absolute atomic E-state index is 0.0592. The molecule has 0 radical (unpaired) electrons. The Kier molecular flexibility index (Phi) is 6.23. The highest BCUT2D eigenvalue weighted by atomic mass is 32.2. The van der Waals surface area contributed by atoms with Crippen LogP contribution in [0.3, 0.4) is 0 Å². The second-order valence-corrected chi connectivity index (χ2v) is 9.90. The number of carbonyl (C=O) groups is 1. The fraction of sp³-hybridized carbons (Fsp3) is 0.650. The maximum absolute atomic E-state index is 13.0. The van der Waals surface area contributed by atoms with E-state index < -0.39 is 10.0 Å². The van der Waals surface area contributed by atoms with Crippen LogP contribution in [0.25, 0.3) is 0 Å². The van der Waals surface area contributed by atoms with Crippen molar-refractivity contribution in [1.29, 1.82) is 0 Å². The molecule has 6 nitrogen and oxygen atoms in total. The van der Waals surface area contributed by atoms with E-state index in [1.54, 1.807) is 6.07 Å². The number of piperidine rings is 1. The molecule has 0 aromatic heterocycles. The summed E-state index contributed by atoms with van der Waals surface area (Å²) in [5, 5.41) is 3.16. The van der Waals surface area contributed by atoms with Crippen molar-refractivity contribution in [3.05, 3.63) is 29.3 Å². The fourth-order valence-corrected chi connectivity index (χ4v) is 6.07. The van der Waals surface area contributed by atoms with Gasteiger partial charge >= 0.3 is 0 Å². The summed E-state index contributed by atoms with van der Waals surface area (Å²) in [6.45, 7) is 5.16. The average Bonchev–Trinajstić information content (AvgIpc) is 3.08. The molecule has 1 amide bonds. The van der Waals surface area contributed by atoms with E-state index in [0.717, 1.165) is 30.4 Å². The molecule has 27 heavy (non-hydrogen) atoms. The Hall–Kier alpha value is -1.44. The number of rotatable bonds is 5. The molecule has 1 aromatic carbocycles. The van der Waals surface area contributed by atoms with Crippen LogP contribution >= 0.6 is 0 Å². The summed E-state index contributed by atoms with van der Waals surface area (Å²) in [6.07, 6.45) is 4.31. The first-order valence-electron chi connectivity index (χ1n) is 9.90. The molecule has 2 fully saturated rings. The Morgan fingerprint density at radius 2 is 1.89 bits per heavy atom. The van der Waals surface area contributed by atoms with E-state index in [1.807, 2.05) is 26.0 Å². The smallest absolute Gasteiger partial charge is 0.243 e. The molecule has 2 atom stereocenters. The van der Waals surface area contributed by atoms with E-state index in [9.17, 15) is 13.2 Å². The monoisotopic (exact) mass is 393 g/mol. The van der Waals surface area contributed by atoms with Crippen LogP contribution in [0.2, 0.25) is 0 Å². The number of carbonyl (C=O) groups excluding carboxylic acids is 1. The normalized spacial score (nSPS) is 24.9. The molecule has 150 valence electrons. The van der Waals surface area contributed by atoms with Crippen molar-refractivity contribution in [3.63, 3.8) is 0 Å². The second kappa shape index (κ2) is 8.29. The predicted molar refractivity (Wildman–Crippen MR) is 106 cm³/mol. The highest BCUT2D eigenvalue weighted by Crippen LogP contribution is 2.28. The Balaban J connectivity index is 1.60. The molecule has 1 saturated heterocycles. The first kappa shape index (κ1) is 20.3. The Labute approximate surface area is 162 Å². The maximum Gasteiger partial charge on any atom is 0.243 e. The van der Waals surface area contributed by atoms with Gasteiger partial charge in [0.25, 0.3) is 0 Å². The number of nitrogens with two attached hydrogens (primary N) is 1. The van der Waals surface area contributed by atoms with Crippen LogP contribution in [0.15, 0.2) is 23.1 Å². The number of sulfonamides is 1. The van der Waals surface area contributed by atoms with E-state index >= 15 is 0 Å². The van der Waals surface area contributed by atoms with E-state index in [2.05, 4.69) is 5.32 Å². The largest absolute Gasteiger partial charge is 0.353 e. The van der Waals surface area contributed by atoms with Crippen molar-refractivity contribution in [1.82, 2.24) is 9.62 Å². The lowest BCUT2D eigenvalue weighted by atomic mass is 9.95. The van der Waals surface area contributed by atoms with Crippen molar-refractivity contribution in [2.45, 2.75) is 56.9 Å². The summed E-state index contributed by atoms with van der Waals surface area (Å²) in [5.41, 5.74) is 7.61. The third-order valence-electron chi connectivity index (χ3n) is 6.06.